The summed E-state index contributed by atoms with van der Waals surface area (Å²) < 4.78 is 9.99. The third-order valence-corrected chi connectivity index (χ3v) is 3.75. The number of halogens is 1. The Morgan fingerprint density at radius 3 is 2.38 bits per heavy atom. The van der Waals surface area contributed by atoms with E-state index in [4.69, 9.17) is 9.47 Å². The summed E-state index contributed by atoms with van der Waals surface area (Å²) >= 11 is 3.44. The van der Waals surface area contributed by atoms with Crippen molar-refractivity contribution in [2.75, 3.05) is 32.3 Å². The van der Waals surface area contributed by atoms with E-state index in [1.54, 1.807) is 7.11 Å². The van der Waals surface area contributed by atoms with Gasteiger partial charge in [0.1, 0.15) is 6.61 Å². The summed E-state index contributed by atoms with van der Waals surface area (Å²) in [6, 6.07) is 0. The number of carbonyl (C=O) groups excluding carboxylic acids is 1. The van der Waals surface area contributed by atoms with Crippen LogP contribution in [0.1, 0.15) is 26.7 Å². The topological polar surface area (TPSA) is 47.6 Å². The van der Waals surface area contributed by atoms with E-state index in [9.17, 15) is 4.79 Å². The lowest BCUT2D eigenvalue weighted by molar-refractivity contribution is -0.127. The monoisotopic (exact) mass is 295 g/mol. The minimum absolute atomic E-state index is 0.0701. The maximum atomic E-state index is 11.6. The molecule has 0 aliphatic carbocycles. The van der Waals surface area contributed by atoms with Gasteiger partial charge < -0.3 is 14.8 Å². The van der Waals surface area contributed by atoms with Crippen molar-refractivity contribution in [3.63, 3.8) is 0 Å². The standard InChI is InChI=1S/C11H22BrNO3/c1-4-11(5-2,9-12)13-10(14)8-16-7-6-15-3/h4-9H2,1-3H3,(H,13,14). The molecule has 5 heteroatoms. The van der Waals surface area contributed by atoms with Crippen LogP contribution in [0.5, 0.6) is 0 Å². The van der Waals surface area contributed by atoms with Gasteiger partial charge in [-0.3, -0.25) is 4.79 Å². The van der Waals surface area contributed by atoms with E-state index in [1.807, 2.05) is 0 Å². The SMILES string of the molecule is CCC(CC)(CBr)NC(=O)COCCOC. The number of rotatable bonds is 9. The van der Waals surface area contributed by atoms with E-state index >= 15 is 0 Å². The van der Waals surface area contributed by atoms with Gasteiger partial charge in [-0.1, -0.05) is 29.8 Å². The number of hydrogen-bond acceptors (Lipinski definition) is 3. The van der Waals surface area contributed by atoms with Crippen molar-refractivity contribution in [2.45, 2.75) is 32.2 Å². The van der Waals surface area contributed by atoms with Crippen molar-refractivity contribution in [2.24, 2.45) is 0 Å². The summed E-state index contributed by atoms with van der Waals surface area (Å²) in [7, 11) is 1.60. The van der Waals surface area contributed by atoms with E-state index < -0.39 is 0 Å². The van der Waals surface area contributed by atoms with Crippen molar-refractivity contribution in [3.8, 4) is 0 Å². The number of methoxy groups -OCH3 is 1. The number of alkyl halides is 1. The maximum absolute atomic E-state index is 11.6. The molecule has 0 aliphatic rings. The molecule has 0 aliphatic heterocycles. The van der Waals surface area contributed by atoms with Gasteiger partial charge in [0.25, 0.3) is 0 Å². The molecule has 0 heterocycles. The molecule has 0 atom stereocenters. The maximum Gasteiger partial charge on any atom is 0.246 e. The van der Waals surface area contributed by atoms with Crippen molar-refractivity contribution in [3.05, 3.63) is 0 Å². The largest absolute Gasteiger partial charge is 0.382 e. The number of hydrogen-bond donors (Lipinski definition) is 1. The highest BCUT2D eigenvalue weighted by atomic mass is 79.9. The zero-order valence-electron chi connectivity index (χ0n) is 10.3. The summed E-state index contributed by atoms with van der Waals surface area (Å²) in [5.41, 5.74) is -0.151. The quantitative estimate of drug-likeness (QED) is 0.520. The van der Waals surface area contributed by atoms with Crippen molar-refractivity contribution in [1.82, 2.24) is 5.32 Å². The van der Waals surface area contributed by atoms with Crippen LogP contribution in [0.2, 0.25) is 0 Å². The molecule has 0 rings (SSSR count). The van der Waals surface area contributed by atoms with E-state index in [0.29, 0.717) is 13.2 Å². The molecule has 0 unspecified atom stereocenters. The number of carbonyl (C=O) groups is 1. The first-order valence-corrected chi connectivity index (χ1v) is 6.70. The van der Waals surface area contributed by atoms with Crippen LogP contribution in [-0.4, -0.2) is 43.7 Å². The first-order chi connectivity index (χ1) is 7.64. The van der Waals surface area contributed by atoms with Gasteiger partial charge in [-0.15, -0.1) is 0 Å². The number of nitrogens with one attached hydrogen (secondary N) is 1. The molecule has 1 amide bonds. The van der Waals surface area contributed by atoms with Gasteiger partial charge in [0.05, 0.1) is 13.2 Å². The van der Waals surface area contributed by atoms with Gasteiger partial charge in [0.15, 0.2) is 0 Å². The zero-order chi connectivity index (χ0) is 12.4. The highest BCUT2D eigenvalue weighted by Crippen LogP contribution is 2.17. The van der Waals surface area contributed by atoms with Crippen LogP contribution < -0.4 is 5.32 Å². The summed E-state index contributed by atoms with van der Waals surface area (Å²) in [6.45, 7) is 5.19. The molecule has 0 bridgehead atoms. The first-order valence-electron chi connectivity index (χ1n) is 5.57. The Kier molecular flexibility index (Phi) is 8.89. The number of amides is 1. The van der Waals surface area contributed by atoms with Crippen LogP contribution in [0, 0.1) is 0 Å². The summed E-state index contributed by atoms with van der Waals surface area (Å²) in [5.74, 6) is -0.0701. The van der Waals surface area contributed by atoms with E-state index in [0.717, 1.165) is 18.2 Å². The molecule has 16 heavy (non-hydrogen) atoms. The molecular formula is C11H22BrNO3. The fraction of sp³-hybridized carbons (Fsp3) is 0.909. The average Bonchev–Trinajstić information content (AvgIpc) is 2.32. The third kappa shape index (κ3) is 5.82. The Morgan fingerprint density at radius 2 is 1.94 bits per heavy atom. The predicted molar refractivity (Wildman–Crippen MR) is 67.9 cm³/mol. The van der Waals surface area contributed by atoms with Gasteiger partial charge in [-0.05, 0) is 12.8 Å². The van der Waals surface area contributed by atoms with Crippen molar-refractivity contribution in [1.29, 1.82) is 0 Å². The molecule has 4 nitrogen and oxygen atoms in total. The highest BCUT2D eigenvalue weighted by Gasteiger charge is 2.26. The van der Waals surface area contributed by atoms with E-state index in [1.165, 1.54) is 0 Å². The van der Waals surface area contributed by atoms with Gasteiger partial charge >= 0.3 is 0 Å². The van der Waals surface area contributed by atoms with Crippen LogP contribution in [0.3, 0.4) is 0 Å². The summed E-state index contributed by atoms with van der Waals surface area (Å²) in [6.07, 6.45) is 1.80. The molecule has 0 aromatic rings. The lowest BCUT2D eigenvalue weighted by atomic mass is 9.95. The minimum Gasteiger partial charge on any atom is -0.382 e. The highest BCUT2D eigenvalue weighted by molar-refractivity contribution is 9.09. The lowest BCUT2D eigenvalue weighted by Crippen LogP contribution is -2.50. The number of ether oxygens (including phenoxy) is 2. The second-order valence-electron chi connectivity index (χ2n) is 3.71. The molecule has 96 valence electrons. The van der Waals surface area contributed by atoms with Gasteiger partial charge in [0.2, 0.25) is 5.91 Å². The Labute approximate surface area is 106 Å². The smallest absolute Gasteiger partial charge is 0.246 e. The Morgan fingerprint density at radius 1 is 1.31 bits per heavy atom. The predicted octanol–water partition coefficient (Wildman–Crippen LogP) is 1.72. The fourth-order valence-corrected chi connectivity index (χ4v) is 2.22. The molecule has 0 saturated heterocycles. The van der Waals surface area contributed by atoms with E-state index in [2.05, 4.69) is 35.1 Å². The second-order valence-corrected chi connectivity index (χ2v) is 4.28. The third-order valence-electron chi connectivity index (χ3n) is 2.68. The Hall–Kier alpha value is -0.130. The minimum atomic E-state index is -0.151. The van der Waals surface area contributed by atoms with E-state index in [-0.39, 0.29) is 18.1 Å². The Bertz CT molecular complexity index is 187. The fourth-order valence-electron chi connectivity index (χ4n) is 1.29. The van der Waals surface area contributed by atoms with Gasteiger partial charge in [0, 0.05) is 18.0 Å². The van der Waals surface area contributed by atoms with Crippen LogP contribution in [0.4, 0.5) is 0 Å². The zero-order valence-corrected chi connectivity index (χ0v) is 11.9. The van der Waals surface area contributed by atoms with Gasteiger partial charge in [-0.2, -0.15) is 0 Å². The Balaban J connectivity index is 3.91. The van der Waals surface area contributed by atoms with Crippen LogP contribution in [0.25, 0.3) is 0 Å². The molecular weight excluding hydrogens is 274 g/mol. The van der Waals surface area contributed by atoms with Crippen molar-refractivity contribution >= 4 is 21.8 Å². The average molecular weight is 296 g/mol. The molecule has 0 radical (unpaired) electrons. The van der Waals surface area contributed by atoms with Crippen LogP contribution in [-0.2, 0) is 14.3 Å². The lowest BCUT2D eigenvalue weighted by Gasteiger charge is -2.30. The first kappa shape index (κ1) is 15.9. The second kappa shape index (κ2) is 8.96. The normalized spacial score (nSPS) is 11.5. The van der Waals surface area contributed by atoms with Crippen LogP contribution >= 0.6 is 15.9 Å². The molecule has 0 aromatic heterocycles. The van der Waals surface area contributed by atoms with Crippen molar-refractivity contribution < 1.29 is 14.3 Å². The molecule has 0 aromatic carbocycles. The molecule has 0 fully saturated rings. The molecule has 1 N–H and O–H groups in total. The summed E-state index contributed by atoms with van der Waals surface area (Å²) in [4.78, 5) is 11.6. The molecule has 0 spiro atoms. The van der Waals surface area contributed by atoms with Gasteiger partial charge in [-0.25, -0.2) is 0 Å². The summed E-state index contributed by atoms with van der Waals surface area (Å²) in [5, 5.41) is 3.77. The molecule has 0 saturated carbocycles. The van der Waals surface area contributed by atoms with Crippen LogP contribution in [0.15, 0.2) is 0 Å².